The summed E-state index contributed by atoms with van der Waals surface area (Å²) >= 11 is 0. The topological polar surface area (TPSA) is 91.8 Å². The van der Waals surface area contributed by atoms with Gasteiger partial charge in [0.2, 0.25) is 5.91 Å². The molecule has 3 aromatic rings. The van der Waals surface area contributed by atoms with Crippen LogP contribution < -0.4 is 16.0 Å². The van der Waals surface area contributed by atoms with Gasteiger partial charge in [0.1, 0.15) is 11.6 Å². The number of rotatable bonds is 8. The number of nitrogens with zero attached hydrogens (tertiary/aromatic N) is 3. The number of halogens is 1. The van der Waals surface area contributed by atoms with Crippen LogP contribution in [0.25, 0.3) is 0 Å². The van der Waals surface area contributed by atoms with Gasteiger partial charge in [-0.1, -0.05) is 12.1 Å². The van der Waals surface area contributed by atoms with E-state index in [1.165, 1.54) is 12.1 Å². The van der Waals surface area contributed by atoms with Crippen molar-refractivity contribution in [1.82, 2.24) is 20.5 Å². The Bertz CT molecular complexity index is 856. The third-order valence-corrected chi connectivity index (χ3v) is 3.63. The molecule has 8 heteroatoms. The molecule has 7 nitrogen and oxygen atoms in total. The number of nitrogens with one attached hydrogen (secondary N) is 3. The molecular weight excluding hydrogens is 347 g/mol. The molecule has 0 saturated carbocycles. The monoisotopic (exact) mass is 366 g/mol. The molecule has 0 saturated heterocycles. The van der Waals surface area contributed by atoms with Gasteiger partial charge in [0, 0.05) is 19.3 Å². The van der Waals surface area contributed by atoms with Crippen LogP contribution in [0.3, 0.4) is 0 Å². The van der Waals surface area contributed by atoms with E-state index in [0.29, 0.717) is 24.7 Å². The van der Waals surface area contributed by atoms with E-state index in [1.807, 2.05) is 12.1 Å². The van der Waals surface area contributed by atoms with Crippen molar-refractivity contribution in [3.63, 3.8) is 0 Å². The van der Waals surface area contributed by atoms with Crippen molar-refractivity contribution in [2.45, 2.75) is 6.42 Å². The molecule has 0 fully saturated rings. The van der Waals surface area contributed by atoms with Crippen LogP contribution in [-0.2, 0) is 11.2 Å². The molecule has 3 N–H and O–H groups in total. The highest BCUT2D eigenvalue weighted by Crippen LogP contribution is 2.12. The van der Waals surface area contributed by atoms with E-state index in [4.69, 9.17) is 0 Å². The number of amides is 1. The van der Waals surface area contributed by atoms with Gasteiger partial charge in [0.25, 0.3) is 0 Å². The second-order valence-electron chi connectivity index (χ2n) is 5.75. The van der Waals surface area contributed by atoms with Gasteiger partial charge in [0.05, 0.1) is 18.3 Å². The van der Waals surface area contributed by atoms with Gasteiger partial charge in [-0.25, -0.2) is 4.39 Å². The first-order valence-corrected chi connectivity index (χ1v) is 8.45. The zero-order valence-corrected chi connectivity index (χ0v) is 14.5. The van der Waals surface area contributed by atoms with Crippen LogP contribution in [0.4, 0.5) is 21.7 Å². The predicted octanol–water partition coefficient (Wildman–Crippen LogP) is 2.53. The minimum absolute atomic E-state index is 0.120. The third-order valence-electron chi connectivity index (χ3n) is 3.63. The molecule has 0 spiro atoms. The first-order valence-electron chi connectivity index (χ1n) is 8.45. The quantitative estimate of drug-likeness (QED) is 0.531. The van der Waals surface area contributed by atoms with Crippen molar-refractivity contribution >= 4 is 23.2 Å². The molecule has 3 rings (SSSR count). The van der Waals surface area contributed by atoms with Crippen molar-refractivity contribution in [2.24, 2.45) is 0 Å². The Morgan fingerprint density at radius 3 is 2.44 bits per heavy atom. The summed E-state index contributed by atoms with van der Waals surface area (Å²) in [5.74, 6) is 0.789. The van der Waals surface area contributed by atoms with E-state index in [2.05, 4.69) is 31.1 Å². The van der Waals surface area contributed by atoms with Crippen LogP contribution in [0.5, 0.6) is 0 Å². The zero-order valence-electron chi connectivity index (χ0n) is 14.5. The average Bonchev–Trinajstić information content (AvgIpc) is 2.69. The van der Waals surface area contributed by atoms with Crippen LogP contribution in [-0.4, -0.2) is 34.2 Å². The fourth-order valence-corrected chi connectivity index (χ4v) is 2.32. The lowest BCUT2D eigenvalue weighted by Crippen LogP contribution is -2.30. The Labute approximate surface area is 156 Å². The van der Waals surface area contributed by atoms with Gasteiger partial charge >= 0.3 is 0 Å². The Balaban J connectivity index is 1.37. The van der Waals surface area contributed by atoms with E-state index in [9.17, 15) is 9.18 Å². The Morgan fingerprint density at radius 1 is 0.963 bits per heavy atom. The largest absolute Gasteiger partial charge is 0.367 e. The lowest BCUT2D eigenvalue weighted by atomic mass is 10.1. The summed E-state index contributed by atoms with van der Waals surface area (Å²) in [6.07, 6.45) is 3.61. The SMILES string of the molecule is O=C(Cc1ccc(F)cc1)NCCNc1ccc(Nc2cccnc2)nn1. The predicted molar refractivity (Wildman–Crippen MR) is 101 cm³/mol. The molecule has 2 heterocycles. The number of carbonyl (C=O) groups is 1. The second kappa shape index (κ2) is 9.23. The Kier molecular flexibility index (Phi) is 6.24. The summed E-state index contributed by atoms with van der Waals surface area (Å²) < 4.78 is 12.8. The van der Waals surface area contributed by atoms with E-state index >= 15 is 0 Å². The number of aromatic nitrogens is 3. The molecule has 0 aliphatic rings. The minimum Gasteiger partial charge on any atom is -0.367 e. The number of anilines is 3. The summed E-state index contributed by atoms with van der Waals surface area (Å²) in [5, 5.41) is 17.1. The minimum atomic E-state index is -0.314. The summed E-state index contributed by atoms with van der Waals surface area (Å²) in [6, 6.07) is 13.2. The number of benzene rings is 1. The smallest absolute Gasteiger partial charge is 0.224 e. The van der Waals surface area contributed by atoms with Crippen LogP contribution in [0.1, 0.15) is 5.56 Å². The lowest BCUT2D eigenvalue weighted by Gasteiger charge is -2.08. The molecule has 138 valence electrons. The van der Waals surface area contributed by atoms with E-state index in [0.717, 1.165) is 11.3 Å². The second-order valence-corrected chi connectivity index (χ2v) is 5.75. The first kappa shape index (κ1) is 18.2. The molecule has 1 aromatic carbocycles. The van der Waals surface area contributed by atoms with Crippen LogP contribution >= 0.6 is 0 Å². The molecule has 0 atom stereocenters. The molecule has 27 heavy (non-hydrogen) atoms. The van der Waals surface area contributed by atoms with Crippen molar-refractivity contribution in [2.75, 3.05) is 23.7 Å². The maximum Gasteiger partial charge on any atom is 0.224 e. The number of hydrogen-bond donors (Lipinski definition) is 3. The number of hydrogen-bond acceptors (Lipinski definition) is 6. The Hall–Kier alpha value is -3.55. The highest BCUT2D eigenvalue weighted by molar-refractivity contribution is 5.78. The molecule has 0 unspecified atom stereocenters. The highest BCUT2D eigenvalue weighted by atomic mass is 19.1. The normalized spacial score (nSPS) is 10.3. The summed E-state index contributed by atoms with van der Waals surface area (Å²) in [7, 11) is 0. The van der Waals surface area contributed by atoms with Gasteiger partial charge in [-0.05, 0) is 42.0 Å². The molecular formula is C19H19FN6O. The van der Waals surface area contributed by atoms with Gasteiger partial charge < -0.3 is 16.0 Å². The molecule has 0 aliphatic heterocycles. The summed E-state index contributed by atoms with van der Waals surface area (Å²) in [6.45, 7) is 0.955. The van der Waals surface area contributed by atoms with E-state index < -0.39 is 0 Å². The molecule has 0 radical (unpaired) electrons. The number of carbonyl (C=O) groups excluding carboxylic acids is 1. The van der Waals surface area contributed by atoms with Crippen LogP contribution in [0.2, 0.25) is 0 Å². The standard InChI is InChI=1S/C19H19FN6O/c20-15-5-3-14(4-6-15)12-19(27)23-11-10-22-17-7-8-18(26-25-17)24-16-2-1-9-21-13-16/h1-9,13H,10-12H2,(H,22,25)(H,23,27)(H,24,26). The van der Waals surface area contributed by atoms with Crippen molar-refractivity contribution in [3.8, 4) is 0 Å². The van der Waals surface area contributed by atoms with Gasteiger partial charge in [0.15, 0.2) is 5.82 Å². The summed E-state index contributed by atoms with van der Waals surface area (Å²) in [5.41, 5.74) is 1.60. The van der Waals surface area contributed by atoms with Gasteiger partial charge in [-0.2, -0.15) is 0 Å². The van der Waals surface area contributed by atoms with Crippen molar-refractivity contribution in [3.05, 3.63) is 72.3 Å². The molecule has 1 amide bonds. The van der Waals surface area contributed by atoms with Crippen LogP contribution in [0, 0.1) is 5.82 Å². The van der Waals surface area contributed by atoms with Crippen LogP contribution in [0.15, 0.2) is 60.9 Å². The molecule has 0 aliphatic carbocycles. The third kappa shape index (κ3) is 6.03. The fourth-order valence-electron chi connectivity index (χ4n) is 2.32. The van der Waals surface area contributed by atoms with E-state index in [1.54, 1.807) is 36.7 Å². The number of pyridine rings is 1. The average molecular weight is 366 g/mol. The van der Waals surface area contributed by atoms with Crippen molar-refractivity contribution < 1.29 is 9.18 Å². The Morgan fingerprint density at radius 2 is 1.74 bits per heavy atom. The highest BCUT2D eigenvalue weighted by Gasteiger charge is 2.03. The van der Waals surface area contributed by atoms with Crippen molar-refractivity contribution in [1.29, 1.82) is 0 Å². The maximum absolute atomic E-state index is 12.8. The maximum atomic E-state index is 12.8. The lowest BCUT2D eigenvalue weighted by molar-refractivity contribution is -0.120. The zero-order chi connectivity index (χ0) is 18.9. The van der Waals surface area contributed by atoms with Gasteiger partial charge in [-0.3, -0.25) is 9.78 Å². The van der Waals surface area contributed by atoms with E-state index in [-0.39, 0.29) is 18.1 Å². The molecule has 0 bridgehead atoms. The van der Waals surface area contributed by atoms with Gasteiger partial charge in [-0.15, -0.1) is 10.2 Å². The first-order chi connectivity index (χ1) is 13.2. The fraction of sp³-hybridized carbons (Fsp3) is 0.158. The molecule has 2 aromatic heterocycles. The summed E-state index contributed by atoms with van der Waals surface area (Å²) in [4.78, 5) is 15.9.